The van der Waals surface area contributed by atoms with Crippen molar-refractivity contribution in [3.63, 3.8) is 0 Å². The predicted molar refractivity (Wildman–Crippen MR) is 83.8 cm³/mol. The van der Waals surface area contributed by atoms with Gasteiger partial charge in [0.2, 0.25) is 5.91 Å². The van der Waals surface area contributed by atoms with Gasteiger partial charge < -0.3 is 21.1 Å². The molecule has 1 unspecified atom stereocenters. The molecule has 1 fully saturated rings. The SMILES string of the molecule is NCc1ccc(NC(=O)CCN2CCC(CCO)C2)cc1. The number of benzene rings is 1. The summed E-state index contributed by atoms with van der Waals surface area (Å²) in [4.78, 5) is 14.2. The van der Waals surface area contributed by atoms with E-state index in [9.17, 15) is 4.79 Å². The van der Waals surface area contributed by atoms with E-state index >= 15 is 0 Å². The van der Waals surface area contributed by atoms with Gasteiger partial charge in [0.05, 0.1) is 0 Å². The van der Waals surface area contributed by atoms with Crippen LogP contribution in [-0.2, 0) is 11.3 Å². The van der Waals surface area contributed by atoms with Crippen molar-refractivity contribution >= 4 is 11.6 Å². The van der Waals surface area contributed by atoms with E-state index in [4.69, 9.17) is 10.8 Å². The maximum absolute atomic E-state index is 11.9. The van der Waals surface area contributed by atoms with Crippen LogP contribution in [0.1, 0.15) is 24.8 Å². The van der Waals surface area contributed by atoms with Gasteiger partial charge in [-0.25, -0.2) is 0 Å². The second kappa shape index (κ2) is 8.12. The second-order valence-corrected chi connectivity index (χ2v) is 5.67. The predicted octanol–water partition coefficient (Wildman–Crippen LogP) is 1.18. The van der Waals surface area contributed by atoms with Gasteiger partial charge in [0.1, 0.15) is 0 Å². The molecule has 0 spiro atoms. The molecule has 0 aromatic heterocycles. The first-order valence-corrected chi connectivity index (χ1v) is 7.63. The zero-order valence-corrected chi connectivity index (χ0v) is 12.4. The van der Waals surface area contributed by atoms with Gasteiger partial charge in [0.25, 0.3) is 0 Å². The summed E-state index contributed by atoms with van der Waals surface area (Å²) in [6.45, 7) is 3.59. The van der Waals surface area contributed by atoms with E-state index in [2.05, 4.69) is 10.2 Å². The zero-order valence-electron chi connectivity index (χ0n) is 12.4. The highest BCUT2D eigenvalue weighted by atomic mass is 16.3. The van der Waals surface area contributed by atoms with Crippen LogP contribution in [0.5, 0.6) is 0 Å². The van der Waals surface area contributed by atoms with Crippen molar-refractivity contribution in [2.75, 3.05) is 31.6 Å². The van der Waals surface area contributed by atoms with Crippen LogP contribution in [0.3, 0.4) is 0 Å². The van der Waals surface area contributed by atoms with Crippen molar-refractivity contribution in [3.05, 3.63) is 29.8 Å². The van der Waals surface area contributed by atoms with E-state index in [1.165, 1.54) is 0 Å². The lowest BCUT2D eigenvalue weighted by Crippen LogP contribution is -2.26. The monoisotopic (exact) mass is 291 g/mol. The first kappa shape index (κ1) is 15.9. The van der Waals surface area contributed by atoms with Crippen LogP contribution in [0.2, 0.25) is 0 Å². The normalized spacial score (nSPS) is 18.9. The van der Waals surface area contributed by atoms with Gasteiger partial charge >= 0.3 is 0 Å². The Balaban J connectivity index is 1.70. The number of aliphatic hydroxyl groups excluding tert-OH is 1. The molecule has 1 amide bonds. The number of carbonyl (C=O) groups is 1. The largest absolute Gasteiger partial charge is 0.396 e. The van der Waals surface area contributed by atoms with Gasteiger partial charge in [0, 0.05) is 38.3 Å². The number of likely N-dealkylation sites (tertiary alicyclic amines) is 1. The van der Waals surface area contributed by atoms with Crippen LogP contribution >= 0.6 is 0 Å². The first-order valence-electron chi connectivity index (χ1n) is 7.63. The highest BCUT2D eigenvalue weighted by molar-refractivity contribution is 5.90. The molecule has 1 heterocycles. The maximum atomic E-state index is 11.9. The Bertz CT molecular complexity index is 447. The molecule has 2 rings (SSSR count). The van der Waals surface area contributed by atoms with E-state index in [0.717, 1.165) is 43.7 Å². The molecular weight excluding hydrogens is 266 g/mol. The molecule has 1 aliphatic heterocycles. The summed E-state index contributed by atoms with van der Waals surface area (Å²) in [7, 11) is 0. The summed E-state index contributed by atoms with van der Waals surface area (Å²) in [6, 6.07) is 7.62. The van der Waals surface area contributed by atoms with Crippen LogP contribution in [-0.4, -0.2) is 42.2 Å². The third-order valence-electron chi connectivity index (χ3n) is 4.04. The topological polar surface area (TPSA) is 78.6 Å². The average Bonchev–Trinajstić information content (AvgIpc) is 2.94. The Labute approximate surface area is 126 Å². The van der Waals surface area contributed by atoms with Crippen molar-refractivity contribution in [1.82, 2.24) is 4.90 Å². The molecule has 0 radical (unpaired) electrons. The van der Waals surface area contributed by atoms with Crippen LogP contribution in [0.4, 0.5) is 5.69 Å². The molecule has 1 saturated heterocycles. The molecule has 1 aliphatic rings. The number of carbonyl (C=O) groups excluding carboxylic acids is 1. The number of nitrogens with one attached hydrogen (secondary N) is 1. The standard InChI is InChI=1S/C16H25N3O2/c17-11-13-1-3-15(4-2-13)18-16(21)6-9-19-8-5-14(12-19)7-10-20/h1-4,14,20H,5-12,17H2,(H,18,21). The molecule has 0 aliphatic carbocycles. The molecule has 0 saturated carbocycles. The quantitative estimate of drug-likeness (QED) is 0.705. The van der Waals surface area contributed by atoms with Crippen molar-refractivity contribution < 1.29 is 9.90 Å². The van der Waals surface area contributed by atoms with Crippen LogP contribution in [0.25, 0.3) is 0 Å². The minimum absolute atomic E-state index is 0.0427. The average molecular weight is 291 g/mol. The number of amides is 1. The molecule has 1 aromatic rings. The molecule has 1 atom stereocenters. The Kier molecular flexibility index (Phi) is 6.17. The highest BCUT2D eigenvalue weighted by Crippen LogP contribution is 2.19. The van der Waals surface area contributed by atoms with Gasteiger partial charge in [-0.05, 0) is 43.0 Å². The van der Waals surface area contributed by atoms with E-state index in [1.54, 1.807) is 0 Å². The van der Waals surface area contributed by atoms with Crippen LogP contribution < -0.4 is 11.1 Å². The summed E-state index contributed by atoms with van der Waals surface area (Å²) >= 11 is 0. The van der Waals surface area contributed by atoms with E-state index < -0.39 is 0 Å². The summed E-state index contributed by atoms with van der Waals surface area (Å²) in [5, 5.41) is 11.8. The van der Waals surface area contributed by atoms with Crippen molar-refractivity contribution in [2.24, 2.45) is 11.7 Å². The fourth-order valence-electron chi connectivity index (χ4n) is 2.74. The summed E-state index contributed by atoms with van der Waals surface area (Å²) in [5.74, 6) is 0.628. The Morgan fingerprint density at radius 1 is 1.38 bits per heavy atom. The first-order chi connectivity index (χ1) is 10.2. The van der Waals surface area contributed by atoms with Crippen molar-refractivity contribution in [1.29, 1.82) is 0 Å². The third kappa shape index (κ3) is 5.12. The third-order valence-corrected chi connectivity index (χ3v) is 4.04. The van der Waals surface area contributed by atoms with Gasteiger partial charge in [-0.2, -0.15) is 0 Å². The van der Waals surface area contributed by atoms with Crippen LogP contribution in [0.15, 0.2) is 24.3 Å². The molecule has 116 valence electrons. The lowest BCUT2D eigenvalue weighted by atomic mass is 10.1. The number of nitrogens with two attached hydrogens (primary N) is 1. The number of hydrogen-bond acceptors (Lipinski definition) is 4. The van der Waals surface area contributed by atoms with Crippen molar-refractivity contribution in [3.8, 4) is 0 Å². The number of hydrogen-bond donors (Lipinski definition) is 3. The summed E-state index contributed by atoms with van der Waals surface area (Å²) < 4.78 is 0. The molecule has 1 aromatic carbocycles. The Morgan fingerprint density at radius 3 is 2.81 bits per heavy atom. The molecule has 0 bridgehead atoms. The lowest BCUT2D eigenvalue weighted by Gasteiger charge is -2.15. The number of rotatable bonds is 7. The smallest absolute Gasteiger partial charge is 0.225 e. The molecule has 21 heavy (non-hydrogen) atoms. The van der Waals surface area contributed by atoms with Gasteiger partial charge in [0.15, 0.2) is 0 Å². The number of aliphatic hydroxyl groups is 1. The number of anilines is 1. The van der Waals surface area contributed by atoms with Gasteiger partial charge in [-0.1, -0.05) is 12.1 Å². The molecule has 4 N–H and O–H groups in total. The molecular formula is C16H25N3O2. The van der Waals surface area contributed by atoms with E-state index in [1.807, 2.05) is 24.3 Å². The fraction of sp³-hybridized carbons (Fsp3) is 0.562. The fourth-order valence-corrected chi connectivity index (χ4v) is 2.74. The van der Waals surface area contributed by atoms with Gasteiger partial charge in [-0.3, -0.25) is 4.79 Å². The van der Waals surface area contributed by atoms with Crippen LogP contribution in [0, 0.1) is 5.92 Å². The highest BCUT2D eigenvalue weighted by Gasteiger charge is 2.21. The molecule has 5 heteroatoms. The van der Waals surface area contributed by atoms with E-state index in [0.29, 0.717) is 18.9 Å². The van der Waals surface area contributed by atoms with E-state index in [-0.39, 0.29) is 12.5 Å². The molecule has 5 nitrogen and oxygen atoms in total. The summed E-state index contributed by atoms with van der Waals surface area (Å²) in [6.07, 6.45) is 2.50. The minimum atomic E-state index is 0.0427. The zero-order chi connectivity index (χ0) is 15.1. The minimum Gasteiger partial charge on any atom is -0.396 e. The Morgan fingerprint density at radius 2 is 2.14 bits per heavy atom. The van der Waals surface area contributed by atoms with Crippen molar-refractivity contribution in [2.45, 2.75) is 25.8 Å². The lowest BCUT2D eigenvalue weighted by molar-refractivity contribution is -0.116. The summed E-state index contributed by atoms with van der Waals surface area (Å²) in [5.41, 5.74) is 7.41. The number of nitrogens with zero attached hydrogens (tertiary/aromatic N) is 1. The van der Waals surface area contributed by atoms with Gasteiger partial charge in [-0.15, -0.1) is 0 Å². The second-order valence-electron chi connectivity index (χ2n) is 5.67. The Hall–Kier alpha value is -1.43. The maximum Gasteiger partial charge on any atom is 0.225 e.